The number of ether oxygens (including phenoxy) is 1. The van der Waals surface area contributed by atoms with Crippen LogP contribution in [0.25, 0.3) is 0 Å². The van der Waals surface area contributed by atoms with Crippen LogP contribution in [0.2, 0.25) is 0 Å². The first kappa shape index (κ1) is 35.9. The van der Waals surface area contributed by atoms with Gasteiger partial charge in [-0.1, -0.05) is 127 Å². The van der Waals surface area contributed by atoms with Crippen molar-refractivity contribution in [2.75, 3.05) is 6.61 Å². The number of nitrogens with zero attached hydrogens (tertiary/aromatic N) is 1. The van der Waals surface area contributed by atoms with Gasteiger partial charge >= 0.3 is 0 Å². The van der Waals surface area contributed by atoms with E-state index >= 15 is 19.2 Å². The van der Waals surface area contributed by atoms with Gasteiger partial charge in [-0.15, -0.1) is 0 Å². The summed E-state index contributed by atoms with van der Waals surface area (Å²) in [6.45, 7) is -1.20. The Morgan fingerprint density at radius 1 is 0.519 bits per heavy atom. The average molecular weight is 700 g/mol. The third-order valence-electron chi connectivity index (χ3n) is 9.20. The molecule has 0 saturated carbocycles. The number of ketones is 3. The highest BCUT2D eigenvalue weighted by atomic mass is 16.7. The van der Waals surface area contributed by atoms with Crippen LogP contribution in [0.3, 0.4) is 0 Å². The number of amides is 2. The van der Waals surface area contributed by atoms with Crippen LogP contribution in [0.4, 0.5) is 0 Å². The van der Waals surface area contributed by atoms with E-state index in [1.165, 1.54) is 127 Å². The number of Topliss-reactive ketones (excluding diaryl/α,β-unsaturated/α-hetero) is 3. The van der Waals surface area contributed by atoms with Crippen molar-refractivity contribution in [3.63, 3.8) is 0 Å². The molecule has 1 unspecified atom stereocenters. The Labute approximate surface area is 298 Å². The monoisotopic (exact) mass is 699 g/mol. The second kappa shape index (κ2) is 14.3. The summed E-state index contributed by atoms with van der Waals surface area (Å²) in [7, 11) is 0. The maximum atomic E-state index is 15.7. The lowest BCUT2D eigenvalue weighted by Crippen LogP contribution is -2.91. The number of carbonyl (C=O) groups excluding carboxylic acids is 5. The molecule has 5 aromatic rings. The first-order valence-electron chi connectivity index (χ1n) is 16.2. The number of rotatable bonds is 10. The first-order valence-corrected chi connectivity index (χ1v) is 16.2. The Kier molecular flexibility index (Phi) is 9.90. The Morgan fingerprint density at radius 2 is 0.846 bits per heavy atom. The minimum Gasteiger partial charge on any atom is -0.394 e. The molecule has 0 bridgehead atoms. The van der Waals surface area contributed by atoms with Gasteiger partial charge < -0.3 is 25.2 Å². The molecule has 262 valence electrons. The van der Waals surface area contributed by atoms with Gasteiger partial charge in [0, 0.05) is 27.8 Å². The van der Waals surface area contributed by atoms with E-state index in [-0.39, 0.29) is 27.2 Å². The molecule has 0 aliphatic carbocycles. The number of carbonyl (C=O) groups is 5. The molecule has 1 saturated heterocycles. The van der Waals surface area contributed by atoms with Gasteiger partial charge in [-0.05, 0) is 24.3 Å². The van der Waals surface area contributed by atoms with E-state index in [0.717, 1.165) is 0 Å². The number of imide groups is 1. The Bertz CT molecular complexity index is 2050. The van der Waals surface area contributed by atoms with Crippen LogP contribution in [0, 0.1) is 0 Å². The molecule has 5 aromatic carbocycles. The Balaban J connectivity index is 1.85. The van der Waals surface area contributed by atoms with Gasteiger partial charge in [-0.3, -0.25) is 28.9 Å². The molecular weight excluding hydrogens is 666 g/mol. The maximum Gasteiger partial charge on any atom is 0.267 e. The molecule has 5 atom stereocenters. The molecule has 0 spiro atoms. The predicted octanol–water partition coefficient (Wildman–Crippen LogP) is 3.53. The van der Waals surface area contributed by atoms with E-state index in [9.17, 15) is 25.2 Å². The molecule has 52 heavy (non-hydrogen) atoms. The van der Waals surface area contributed by atoms with Crippen molar-refractivity contribution < 1.29 is 49.1 Å². The Morgan fingerprint density at radius 3 is 1.21 bits per heavy atom. The molecule has 2 amide bonds. The van der Waals surface area contributed by atoms with Crippen molar-refractivity contribution in [2.24, 2.45) is 0 Å². The lowest BCUT2D eigenvalue weighted by molar-refractivity contribution is -0.336. The first-order chi connectivity index (χ1) is 25.0. The van der Waals surface area contributed by atoms with Gasteiger partial charge in [0.25, 0.3) is 17.6 Å². The number of benzene rings is 5. The number of aliphatic hydroxyl groups is 4. The molecule has 1 aliphatic rings. The molecule has 0 aromatic heterocycles. The van der Waals surface area contributed by atoms with Gasteiger partial charge in [-0.25, -0.2) is 0 Å². The highest BCUT2D eigenvalue weighted by Gasteiger charge is 2.83. The molecule has 1 heterocycles. The molecule has 0 radical (unpaired) electrons. The summed E-state index contributed by atoms with van der Waals surface area (Å²) < 4.78 is 5.87. The van der Waals surface area contributed by atoms with Crippen LogP contribution in [0.5, 0.6) is 0 Å². The summed E-state index contributed by atoms with van der Waals surface area (Å²) >= 11 is 0. The normalized spacial score (nSPS) is 24.0. The van der Waals surface area contributed by atoms with Crippen LogP contribution in [-0.2, 0) is 4.74 Å². The standard InChI is InChI=1S/C41H33NO10/c43-26-32-36(47)39(50,33(44)27-16-6-1-7-17-27)40(34(45)28-18-8-2-9-19-28,41(51,52-32)35(46)29-20-10-3-11-21-29)42(37(48)30-22-12-4-13-23-30)38(49)31-24-14-5-15-25-31/h1-25,32,36,43,47,50-51H,26H2/t32-,36-,39+,40-,41?/m1/s1. The van der Waals surface area contributed by atoms with Gasteiger partial charge in [0.1, 0.15) is 12.2 Å². The summed E-state index contributed by atoms with van der Waals surface area (Å²) in [5, 5.41) is 49.1. The molecule has 11 nitrogen and oxygen atoms in total. The van der Waals surface area contributed by atoms with Crippen molar-refractivity contribution in [1.82, 2.24) is 4.90 Å². The zero-order chi connectivity index (χ0) is 37.1. The fraction of sp³-hybridized carbons (Fsp3) is 0.146. The minimum atomic E-state index is -3.87. The van der Waals surface area contributed by atoms with Crippen molar-refractivity contribution >= 4 is 29.2 Å². The SMILES string of the molecule is O=C(c1ccccc1)N(C(=O)c1ccccc1)[C@@]1(C(=O)c2ccccc2)C(O)(C(=O)c2ccccc2)O[C@H](CO)[C@@H](O)[C@@]1(O)C(=O)c1ccccc1. The van der Waals surface area contributed by atoms with E-state index in [0.29, 0.717) is 0 Å². The highest BCUT2D eigenvalue weighted by Crippen LogP contribution is 2.52. The van der Waals surface area contributed by atoms with Gasteiger partial charge in [0.15, 0.2) is 17.2 Å². The van der Waals surface area contributed by atoms with E-state index in [1.807, 2.05) is 0 Å². The quantitative estimate of drug-likeness (QED) is 0.125. The molecule has 4 N–H and O–H groups in total. The zero-order valence-electron chi connectivity index (χ0n) is 27.5. The van der Waals surface area contributed by atoms with Crippen molar-refractivity contribution in [3.05, 3.63) is 179 Å². The third-order valence-corrected chi connectivity index (χ3v) is 9.20. The summed E-state index contributed by atoms with van der Waals surface area (Å²) in [6, 6.07) is 34.5. The summed E-state index contributed by atoms with van der Waals surface area (Å²) in [5.74, 6) is -11.0. The van der Waals surface area contributed by atoms with Gasteiger partial charge in [-0.2, -0.15) is 0 Å². The average Bonchev–Trinajstić information content (AvgIpc) is 3.21. The van der Waals surface area contributed by atoms with E-state index in [2.05, 4.69) is 0 Å². The predicted molar refractivity (Wildman–Crippen MR) is 186 cm³/mol. The summed E-state index contributed by atoms with van der Waals surface area (Å²) in [5.41, 5.74) is -9.28. The second-order valence-electron chi connectivity index (χ2n) is 12.2. The Hall–Kier alpha value is -5.95. The van der Waals surface area contributed by atoms with Gasteiger partial charge in [0.05, 0.1) is 6.61 Å². The number of hydrogen-bond acceptors (Lipinski definition) is 10. The maximum absolute atomic E-state index is 15.7. The van der Waals surface area contributed by atoms with Crippen molar-refractivity contribution in [1.29, 1.82) is 0 Å². The summed E-state index contributed by atoms with van der Waals surface area (Å²) in [4.78, 5) is 75.9. The van der Waals surface area contributed by atoms with Crippen LogP contribution < -0.4 is 0 Å². The smallest absolute Gasteiger partial charge is 0.267 e. The van der Waals surface area contributed by atoms with E-state index in [4.69, 9.17) is 4.74 Å². The lowest BCUT2D eigenvalue weighted by atomic mass is 9.58. The van der Waals surface area contributed by atoms with Crippen LogP contribution in [-0.4, -0.2) is 90.2 Å². The third kappa shape index (κ3) is 5.57. The van der Waals surface area contributed by atoms with E-state index < -0.39 is 70.5 Å². The molecule has 6 rings (SSSR count). The lowest BCUT2D eigenvalue weighted by Gasteiger charge is -2.61. The fourth-order valence-electron chi connectivity index (χ4n) is 6.72. The minimum absolute atomic E-state index is 0.144. The topological polar surface area (TPSA) is 179 Å². The summed E-state index contributed by atoms with van der Waals surface area (Å²) in [6.07, 6.45) is -4.79. The van der Waals surface area contributed by atoms with Crippen molar-refractivity contribution in [3.8, 4) is 0 Å². The van der Waals surface area contributed by atoms with Crippen LogP contribution in [0.15, 0.2) is 152 Å². The number of hydrogen-bond donors (Lipinski definition) is 4. The zero-order valence-corrected chi connectivity index (χ0v) is 27.5. The molecule has 1 aliphatic heterocycles. The fourth-order valence-corrected chi connectivity index (χ4v) is 6.72. The van der Waals surface area contributed by atoms with Crippen LogP contribution in [0.1, 0.15) is 51.8 Å². The largest absolute Gasteiger partial charge is 0.394 e. The molecular formula is C41H33NO10. The van der Waals surface area contributed by atoms with Gasteiger partial charge in [0.2, 0.25) is 11.3 Å². The van der Waals surface area contributed by atoms with Crippen LogP contribution >= 0.6 is 0 Å². The van der Waals surface area contributed by atoms with Crippen molar-refractivity contribution in [2.45, 2.75) is 29.1 Å². The molecule has 1 fully saturated rings. The van der Waals surface area contributed by atoms with E-state index in [1.54, 1.807) is 24.3 Å². The second-order valence-corrected chi connectivity index (χ2v) is 12.2. The highest BCUT2D eigenvalue weighted by molar-refractivity contribution is 6.24. The molecule has 11 heteroatoms. The number of aliphatic hydroxyl groups excluding tert-OH is 2.